The summed E-state index contributed by atoms with van der Waals surface area (Å²) in [6.45, 7) is -4.18. The van der Waals surface area contributed by atoms with Gasteiger partial charge in [0.25, 0.3) is 0 Å². The number of hydrogen-bond donors (Lipinski definition) is 0. The second-order valence-electron chi connectivity index (χ2n) is 4.81. The number of rotatable bonds is 8. The zero-order chi connectivity index (χ0) is 20.2. The lowest BCUT2D eigenvalue weighted by atomic mass is 10.2. The zero-order valence-corrected chi connectivity index (χ0v) is 13.9. The first-order valence-corrected chi connectivity index (χ1v) is 8.30. The van der Waals surface area contributed by atoms with E-state index in [1.165, 1.54) is 0 Å². The van der Waals surface area contributed by atoms with E-state index in [0.29, 0.717) is 0 Å². The summed E-state index contributed by atoms with van der Waals surface area (Å²) in [6.07, 6.45) is -10.9. The Morgan fingerprint density at radius 3 is 1.96 bits per heavy atom. The van der Waals surface area contributed by atoms with Crippen LogP contribution in [0.1, 0.15) is 5.56 Å². The van der Waals surface area contributed by atoms with Crippen molar-refractivity contribution in [3.05, 3.63) is 33.9 Å². The first-order chi connectivity index (χ1) is 11.7. The van der Waals surface area contributed by atoms with Crippen LogP contribution in [0, 0.1) is 10.1 Å². The summed E-state index contributed by atoms with van der Waals surface area (Å²) in [5, 5.41) is 10.8. The Morgan fingerprint density at radius 2 is 1.58 bits per heavy atom. The Bertz CT molecular complexity index is 670. The molecular formula is C12H12F6NO6P. The van der Waals surface area contributed by atoms with Crippen LogP contribution in [-0.2, 0) is 19.8 Å². The van der Waals surface area contributed by atoms with Crippen molar-refractivity contribution in [2.45, 2.75) is 18.5 Å². The maximum Gasteiger partial charge on any atom is 0.412 e. The molecule has 0 fully saturated rings. The van der Waals surface area contributed by atoms with Gasteiger partial charge in [-0.05, 0) is 11.6 Å². The molecule has 7 nitrogen and oxygen atoms in total. The fourth-order valence-corrected chi connectivity index (χ4v) is 3.25. The highest BCUT2D eigenvalue weighted by molar-refractivity contribution is 7.53. The van der Waals surface area contributed by atoms with Gasteiger partial charge in [0.15, 0.2) is 19.0 Å². The molecule has 0 spiro atoms. The summed E-state index contributed by atoms with van der Waals surface area (Å²) in [5.41, 5.74) is -0.640. The minimum Gasteiger partial charge on any atom is -0.490 e. The molecule has 0 aliphatic rings. The molecule has 1 aromatic carbocycles. The lowest BCUT2D eigenvalue weighted by Crippen LogP contribution is -2.20. The van der Waals surface area contributed by atoms with Crippen LogP contribution in [0.25, 0.3) is 0 Å². The Morgan fingerprint density at radius 1 is 1.08 bits per heavy atom. The van der Waals surface area contributed by atoms with Crippen LogP contribution in [0.4, 0.5) is 32.0 Å². The second kappa shape index (κ2) is 8.23. The lowest BCUT2D eigenvalue weighted by molar-refractivity contribution is -0.385. The first kappa shape index (κ1) is 22.2. The molecule has 0 amide bonds. The van der Waals surface area contributed by atoms with E-state index in [1.807, 2.05) is 0 Å². The normalized spacial score (nSPS) is 12.9. The van der Waals surface area contributed by atoms with Gasteiger partial charge in [-0.2, -0.15) is 26.3 Å². The van der Waals surface area contributed by atoms with E-state index < -0.39 is 49.9 Å². The van der Waals surface area contributed by atoms with E-state index in [4.69, 9.17) is 4.74 Å². The SMILES string of the molecule is COc1cc(CP(=O)(OCC(F)(F)F)OCC(F)(F)F)ccc1[N+](=O)[O-]. The van der Waals surface area contributed by atoms with Gasteiger partial charge in [0, 0.05) is 6.07 Å². The second-order valence-corrected chi connectivity index (χ2v) is 6.86. The van der Waals surface area contributed by atoms with Gasteiger partial charge in [-0.25, -0.2) is 0 Å². The Balaban J connectivity index is 3.07. The van der Waals surface area contributed by atoms with Crippen molar-refractivity contribution >= 4 is 13.3 Å². The van der Waals surface area contributed by atoms with E-state index >= 15 is 0 Å². The average molecular weight is 411 g/mol. The number of methoxy groups -OCH3 is 1. The van der Waals surface area contributed by atoms with Crippen LogP contribution < -0.4 is 4.74 Å². The van der Waals surface area contributed by atoms with Gasteiger partial charge < -0.3 is 4.74 Å². The number of nitro groups is 1. The van der Waals surface area contributed by atoms with Gasteiger partial charge in [0.05, 0.1) is 18.2 Å². The van der Waals surface area contributed by atoms with Crippen LogP contribution in [0.3, 0.4) is 0 Å². The van der Waals surface area contributed by atoms with Gasteiger partial charge in [0.2, 0.25) is 0 Å². The molecule has 14 heteroatoms. The van der Waals surface area contributed by atoms with Crippen molar-refractivity contribution in [2.75, 3.05) is 20.3 Å². The minimum absolute atomic E-state index is 0.139. The summed E-state index contributed by atoms with van der Waals surface area (Å²) >= 11 is 0. The summed E-state index contributed by atoms with van der Waals surface area (Å²) in [4.78, 5) is 9.96. The van der Waals surface area contributed by atoms with E-state index in [0.717, 1.165) is 25.3 Å². The molecule has 0 bridgehead atoms. The number of ether oxygens (including phenoxy) is 1. The largest absolute Gasteiger partial charge is 0.490 e. The highest BCUT2D eigenvalue weighted by atomic mass is 31.2. The Kier molecular flexibility index (Phi) is 7.02. The first-order valence-electron chi connectivity index (χ1n) is 6.58. The van der Waals surface area contributed by atoms with Crippen LogP contribution in [0.2, 0.25) is 0 Å². The predicted octanol–water partition coefficient (Wildman–Crippen LogP) is 4.45. The maximum atomic E-state index is 12.3. The molecule has 1 rings (SSSR count). The molecule has 0 radical (unpaired) electrons. The third-order valence-electron chi connectivity index (χ3n) is 2.67. The number of hydrogen-bond acceptors (Lipinski definition) is 6. The molecule has 0 aliphatic heterocycles. The molecule has 0 atom stereocenters. The van der Waals surface area contributed by atoms with Gasteiger partial charge >= 0.3 is 25.6 Å². The Labute approximate surface area is 142 Å². The number of alkyl halides is 6. The molecular weight excluding hydrogens is 399 g/mol. The average Bonchev–Trinajstić information content (AvgIpc) is 2.49. The van der Waals surface area contributed by atoms with Gasteiger partial charge in [-0.3, -0.25) is 23.7 Å². The zero-order valence-electron chi connectivity index (χ0n) is 13.0. The molecule has 0 saturated heterocycles. The quantitative estimate of drug-likeness (QED) is 0.272. The van der Waals surface area contributed by atoms with Crippen LogP contribution >= 0.6 is 7.60 Å². The van der Waals surface area contributed by atoms with E-state index in [9.17, 15) is 41.0 Å². The highest BCUT2D eigenvalue weighted by Gasteiger charge is 2.38. The molecule has 0 saturated carbocycles. The smallest absolute Gasteiger partial charge is 0.412 e. The maximum absolute atomic E-state index is 12.3. The van der Waals surface area contributed by atoms with Crippen molar-refractivity contribution < 1.29 is 49.6 Å². The van der Waals surface area contributed by atoms with Crippen molar-refractivity contribution in [2.24, 2.45) is 0 Å². The summed E-state index contributed by atoms with van der Waals surface area (Å²) in [6, 6.07) is 2.83. The number of nitrogens with zero attached hydrogens (tertiary/aromatic N) is 1. The topological polar surface area (TPSA) is 87.9 Å². The summed E-state index contributed by atoms with van der Waals surface area (Å²) in [5.74, 6) is -0.328. The third kappa shape index (κ3) is 7.58. The lowest BCUT2D eigenvalue weighted by Gasteiger charge is -2.20. The highest BCUT2D eigenvalue weighted by Crippen LogP contribution is 2.53. The van der Waals surface area contributed by atoms with Crippen LogP contribution in [0.15, 0.2) is 18.2 Å². The minimum atomic E-state index is -4.95. The monoisotopic (exact) mass is 411 g/mol. The molecule has 26 heavy (non-hydrogen) atoms. The molecule has 148 valence electrons. The van der Waals surface area contributed by atoms with Crippen LogP contribution in [-0.4, -0.2) is 37.6 Å². The predicted molar refractivity (Wildman–Crippen MR) is 75.0 cm³/mol. The van der Waals surface area contributed by atoms with Gasteiger partial charge in [-0.1, -0.05) is 6.07 Å². The standard InChI is InChI=1S/C12H12F6NO6P/c1-23-10-4-8(2-3-9(10)19(20)21)5-26(22,24-6-11(13,14)15)25-7-12(16,17)18/h2-4H,5-7H2,1H3. The summed E-state index contributed by atoms with van der Waals surface area (Å²) < 4.78 is 98.6. The molecule has 0 aromatic heterocycles. The Hall–Kier alpha value is -1.85. The molecule has 0 heterocycles. The van der Waals surface area contributed by atoms with Crippen molar-refractivity contribution in [1.82, 2.24) is 0 Å². The third-order valence-corrected chi connectivity index (χ3v) is 4.46. The van der Waals surface area contributed by atoms with Gasteiger partial charge in [-0.15, -0.1) is 0 Å². The fraction of sp³-hybridized carbons (Fsp3) is 0.500. The molecule has 0 unspecified atom stereocenters. The molecule has 0 aliphatic carbocycles. The van der Waals surface area contributed by atoms with Crippen LogP contribution in [0.5, 0.6) is 5.75 Å². The summed E-state index contributed by atoms with van der Waals surface area (Å²) in [7, 11) is -3.81. The van der Waals surface area contributed by atoms with E-state index in [-0.39, 0.29) is 11.3 Å². The number of benzene rings is 1. The fourth-order valence-electron chi connectivity index (χ4n) is 1.67. The van der Waals surface area contributed by atoms with Crippen molar-refractivity contribution in [1.29, 1.82) is 0 Å². The van der Waals surface area contributed by atoms with E-state index in [2.05, 4.69) is 9.05 Å². The van der Waals surface area contributed by atoms with Crippen molar-refractivity contribution in [3.8, 4) is 5.75 Å². The number of halogens is 6. The van der Waals surface area contributed by atoms with Gasteiger partial charge in [0.1, 0.15) is 0 Å². The number of nitro benzene ring substituents is 1. The van der Waals surface area contributed by atoms with E-state index in [1.54, 1.807) is 0 Å². The molecule has 0 N–H and O–H groups in total. The molecule has 1 aromatic rings. The van der Waals surface area contributed by atoms with Crippen molar-refractivity contribution in [3.63, 3.8) is 0 Å².